The van der Waals surface area contributed by atoms with E-state index in [1.54, 1.807) is 0 Å². The zero-order chi connectivity index (χ0) is 17.1. The van der Waals surface area contributed by atoms with Crippen LogP contribution in [0.4, 0.5) is 0 Å². The minimum absolute atomic E-state index is 0.0655. The second-order valence-electron chi connectivity index (χ2n) is 7.91. The van der Waals surface area contributed by atoms with Gasteiger partial charge in [0.15, 0.2) is 8.32 Å². The molecule has 1 N–H and O–H groups in total. The van der Waals surface area contributed by atoms with Crippen molar-refractivity contribution in [2.75, 3.05) is 0 Å². The van der Waals surface area contributed by atoms with Crippen molar-refractivity contribution in [1.29, 1.82) is 0 Å². The average Bonchev–Trinajstić information content (AvgIpc) is 2.40. The van der Waals surface area contributed by atoms with Gasteiger partial charge in [0.2, 0.25) is 0 Å². The summed E-state index contributed by atoms with van der Waals surface area (Å²) >= 11 is 0. The Bertz CT molecular complexity index is 398. The van der Waals surface area contributed by atoms with E-state index in [-0.39, 0.29) is 35.4 Å². The van der Waals surface area contributed by atoms with Crippen LogP contribution in [0.1, 0.15) is 41.0 Å². The van der Waals surface area contributed by atoms with Gasteiger partial charge in [-0.2, -0.15) is 0 Å². The van der Waals surface area contributed by atoms with Gasteiger partial charge in [-0.3, -0.25) is 0 Å². The van der Waals surface area contributed by atoms with E-state index in [4.69, 9.17) is 9.16 Å². The molecule has 0 amide bonds. The second-order valence-corrected chi connectivity index (χ2v) is 12.7. The summed E-state index contributed by atoms with van der Waals surface area (Å²) in [4.78, 5) is 0. The van der Waals surface area contributed by atoms with Crippen LogP contribution in [0.15, 0.2) is 24.8 Å². The minimum atomic E-state index is -1.90. The highest BCUT2D eigenvalue weighted by atomic mass is 28.4. The van der Waals surface area contributed by atoms with Gasteiger partial charge >= 0.3 is 0 Å². The van der Waals surface area contributed by atoms with E-state index in [0.717, 1.165) is 0 Å². The summed E-state index contributed by atoms with van der Waals surface area (Å²) in [6, 6.07) is 0. The van der Waals surface area contributed by atoms with Gasteiger partial charge in [-0.15, -0.1) is 6.58 Å². The Morgan fingerprint density at radius 3 is 2.41 bits per heavy atom. The molecule has 0 saturated carbocycles. The van der Waals surface area contributed by atoms with Crippen molar-refractivity contribution in [3.05, 3.63) is 24.8 Å². The van der Waals surface area contributed by atoms with E-state index >= 15 is 0 Å². The zero-order valence-electron chi connectivity index (χ0n) is 15.3. The second kappa shape index (κ2) is 7.43. The first-order valence-corrected chi connectivity index (χ1v) is 11.2. The smallest absolute Gasteiger partial charge is 0.193 e. The molecule has 3 nitrogen and oxygen atoms in total. The first-order chi connectivity index (χ1) is 10.0. The quantitative estimate of drug-likeness (QED) is 0.605. The molecule has 0 bridgehead atoms. The van der Waals surface area contributed by atoms with Crippen LogP contribution in [-0.2, 0) is 9.16 Å². The molecule has 1 aliphatic heterocycles. The van der Waals surface area contributed by atoms with Crippen LogP contribution < -0.4 is 0 Å². The van der Waals surface area contributed by atoms with Gasteiger partial charge in [-0.25, -0.2) is 0 Å². The van der Waals surface area contributed by atoms with E-state index in [1.165, 1.54) is 0 Å². The molecule has 5 atom stereocenters. The van der Waals surface area contributed by atoms with Crippen molar-refractivity contribution >= 4 is 8.32 Å². The zero-order valence-corrected chi connectivity index (χ0v) is 16.3. The van der Waals surface area contributed by atoms with Crippen LogP contribution in [0.25, 0.3) is 0 Å². The third kappa shape index (κ3) is 4.54. The Labute approximate surface area is 137 Å². The highest BCUT2D eigenvalue weighted by molar-refractivity contribution is 6.74. The van der Waals surface area contributed by atoms with Gasteiger partial charge in [-0.05, 0) is 25.1 Å². The minimum Gasteiger partial charge on any atom is -0.408 e. The van der Waals surface area contributed by atoms with Gasteiger partial charge in [-0.1, -0.05) is 45.9 Å². The van der Waals surface area contributed by atoms with E-state index in [1.807, 2.05) is 32.1 Å². The fourth-order valence-electron chi connectivity index (χ4n) is 2.47. The molecule has 0 aromatic heterocycles. The summed E-state index contributed by atoms with van der Waals surface area (Å²) in [5.41, 5.74) is 0. The molecule has 22 heavy (non-hydrogen) atoms. The Morgan fingerprint density at radius 1 is 1.36 bits per heavy atom. The number of hydrogen-bond acceptors (Lipinski definition) is 3. The Kier molecular flexibility index (Phi) is 6.63. The fourth-order valence-corrected chi connectivity index (χ4v) is 3.75. The summed E-state index contributed by atoms with van der Waals surface area (Å²) in [5.74, 6) is 0.103. The Hall–Kier alpha value is -0.423. The van der Waals surface area contributed by atoms with E-state index in [2.05, 4.69) is 40.4 Å². The van der Waals surface area contributed by atoms with Crippen molar-refractivity contribution < 1.29 is 14.3 Å². The maximum atomic E-state index is 10.4. The average molecular weight is 327 g/mol. The molecule has 1 saturated heterocycles. The monoisotopic (exact) mass is 326 g/mol. The molecule has 1 rings (SSSR count). The van der Waals surface area contributed by atoms with Crippen LogP contribution in [0, 0.1) is 5.92 Å². The molecule has 0 aliphatic carbocycles. The largest absolute Gasteiger partial charge is 0.408 e. The van der Waals surface area contributed by atoms with Crippen LogP contribution in [0.2, 0.25) is 18.1 Å². The molecule has 128 valence electrons. The van der Waals surface area contributed by atoms with E-state index in [9.17, 15) is 5.11 Å². The number of rotatable bonds is 5. The highest BCUT2D eigenvalue weighted by Gasteiger charge is 2.43. The molecule has 0 aromatic carbocycles. The predicted molar refractivity (Wildman–Crippen MR) is 95.5 cm³/mol. The molecule has 1 fully saturated rings. The molecule has 1 heterocycles. The van der Waals surface area contributed by atoms with Crippen LogP contribution in [0.3, 0.4) is 0 Å². The molecular formula is C18H34O3Si. The van der Waals surface area contributed by atoms with E-state index < -0.39 is 8.32 Å². The molecule has 4 heteroatoms. The van der Waals surface area contributed by atoms with Crippen LogP contribution in [-0.4, -0.2) is 37.8 Å². The topological polar surface area (TPSA) is 38.7 Å². The SMILES string of the molecule is C=C[C@@H](O[Si](C)(C)C(C)(C)C)[C@@H]1C[C@@H](O)[C@H](C)[C@H](/C=C/C)O1. The standard InChI is InChI=1S/C18H34O3Si/c1-9-11-16-13(3)14(19)12-17(20-16)15(10-2)21-22(7,8)18(4,5)6/h9-11,13-17,19H,2,12H2,1,3-8H3/b11-9+/t13-,14+,15+,16-,17-/m0/s1. The molecular weight excluding hydrogens is 292 g/mol. The molecule has 0 aromatic rings. The Balaban J connectivity index is 2.89. The van der Waals surface area contributed by atoms with Crippen molar-refractivity contribution in [3.63, 3.8) is 0 Å². The molecule has 1 aliphatic rings. The fraction of sp³-hybridized carbons (Fsp3) is 0.778. The van der Waals surface area contributed by atoms with Gasteiger partial charge < -0.3 is 14.3 Å². The van der Waals surface area contributed by atoms with E-state index in [0.29, 0.717) is 6.42 Å². The first-order valence-electron chi connectivity index (χ1n) is 8.30. The lowest BCUT2D eigenvalue weighted by molar-refractivity contribution is -0.136. The van der Waals surface area contributed by atoms with Gasteiger partial charge in [0.1, 0.15) is 0 Å². The lowest BCUT2D eigenvalue weighted by Gasteiger charge is -2.44. The normalized spacial score (nSPS) is 32.2. The van der Waals surface area contributed by atoms with Crippen molar-refractivity contribution in [1.82, 2.24) is 0 Å². The lowest BCUT2D eigenvalue weighted by atomic mass is 9.88. The predicted octanol–water partition coefficient (Wildman–Crippen LogP) is 4.29. The molecule has 0 spiro atoms. The number of hydrogen-bond donors (Lipinski definition) is 1. The maximum Gasteiger partial charge on any atom is 0.193 e. The van der Waals surface area contributed by atoms with Crippen LogP contribution >= 0.6 is 0 Å². The Morgan fingerprint density at radius 2 is 1.95 bits per heavy atom. The van der Waals surface area contributed by atoms with Crippen molar-refractivity contribution in [2.24, 2.45) is 5.92 Å². The third-order valence-corrected chi connectivity index (χ3v) is 9.62. The van der Waals surface area contributed by atoms with Crippen molar-refractivity contribution in [3.8, 4) is 0 Å². The van der Waals surface area contributed by atoms with Gasteiger partial charge in [0, 0.05) is 12.3 Å². The number of ether oxygens (including phenoxy) is 1. The van der Waals surface area contributed by atoms with Crippen LogP contribution in [0.5, 0.6) is 0 Å². The third-order valence-electron chi connectivity index (χ3n) is 5.15. The molecule has 0 radical (unpaired) electrons. The summed E-state index contributed by atoms with van der Waals surface area (Å²) in [7, 11) is -1.90. The summed E-state index contributed by atoms with van der Waals surface area (Å²) in [6.07, 6.45) is 5.69. The maximum absolute atomic E-state index is 10.4. The van der Waals surface area contributed by atoms with Gasteiger partial charge in [0.25, 0.3) is 0 Å². The number of allylic oxidation sites excluding steroid dienone is 1. The van der Waals surface area contributed by atoms with Gasteiger partial charge in [0.05, 0.1) is 24.4 Å². The number of aliphatic hydroxyl groups excluding tert-OH is 1. The molecule has 0 unspecified atom stereocenters. The summed E-state index contributed by atoms with van der Waals surface area (Å²) in [5, 5.41) is 10.5. The lowest BCUT2D eigenvalue weighted by Crippen LogP contribution is -2.51. The first kappa shape index (κ1) is 19.6. The summed E-state index contributed by atoms with van der Waals surface area (Å²) < 4.78 is 12.7. The summed E-state index contributed by atoms with van der Waals surface area (Å²) in [6.45, 7) is 19.1. The van der Waals surface area contributed by atoms with Crippen molar-refractivity contribution in [2.45, 2.75) is 83.6 Å². The number of aliphatic hydroxyl groups is 1. The highest BCUT2D eigenvalue weighted by Crippen LogP contribution is 2.39.